The van der Waals surface area contributed by atoms with Crippen molar-refractivity contribution in [3.8, 4) is 0 Å². The molecule has 1 amide bonds. The maximum atomic E-state index is 12.0. The summed E-state index contributed by atoms with van der Waals surface area (Å²) in [5, 5.41) is -0.0591. The molecule has 1 rings (SSSR count). The molecule has 0 aromatic carbocycles. The molecule has 0 spiro atoms. The summed E-state index contributed by atoms with van der Waals surface area (Å²) in [6.45, 7) is 9.40. The maximum absolute atomic E-state index is 12.0. The van der Waals surface area contributed by atoms with Crippen molar-refractivity contribution >= 4 is 17.7 Å². The summed E-state index contributed by atoms with van der Waals surface area (Å²) in [7, 11) is 0. The molecular weight excluding hydrogens is 222 g/mol. The highest BCUT2D eigenvalue weighted by Crippen LogP contribution is 2.28. The highest BCUT2D eigenvalue weighted by Gasteiger charge is 2.20. The first-order valence-corrected chi connectivity index (χ1v) is 6.47. The number of nitrogens with zero attached hydrogens (tertiary/aromatic N) is 1. The van der Waals surface area contributed by atoms with Gasteiger partial charge in [0.25, 0.3) is 0 Å². The number of furan rings is 1. The van der Waals surface area contributed by atoms with Gasteiger partial charge in [-0.1, -0.05) is 0 Å². The van der Waals surface area contributed by atoms with Crippen LogP contribution in [0.15, 0.2) is 21.6 Å². The molecule has 0 aliphatic rings. The van der Waals surface area contributed by atoms with Gasteiger partial charge in [0.15, 0.2) is 0 Å². The van der Waals surface area contributed by atoms with Gasteiger partial charge < -0.3 is 9.32 Å². The SMILES string of the molecule is CCN(CC)C(=O)C(C)Sc1ccoc1C. The fourth-order valence-electron chi connectivity index (χ4n) is 1.53. The number of thioether (sulfide) groups is 1. The Bertz CT molecular complexity index is 345. The summed E-state index contributed by atoms with van der Waals surface area (Å²) in [5.74, 6) is 1.07. The summed E-state index contributed by atoms with van der Waals surface area (Å²) in [6, 6.07) is 1.91. The Morgan fingerprint density at radius 1 is 1.50 bits per heavy atom. The van der Waals surface area contributed by atoms with Gasteiger partial charge in [-0.3, -0.25) is 4.79 Å². The average molecular weight is 241 g/mol. The van der Waals surface area contributed by atoms with Crippen molar-refractivity contribution < 1.29 is 9.21 Å². The number of rotatable bonds is 5. The van der Waals surface area contributed by atoms with Gasteiger partial charge in [0, 0.05) is 18.0 Å². The Morgan fingerprint density at radius 2 is 2.12 bits per heavy atom. The highest BCUT2D eigenvalue weighted by molar-refractivity contribution is 8.00. The number of hydrogen-bond acceptors (Lipinski definition) is 3. The first-order chi connectivity index (χ1) is 7.60. The van der Waals surface area contributed by atoms with Crippen LogP contribution >= 0.6 is 11.8 Å². The Kier molecular flexibility index (Phi) is 4.93. The lowest BCUT2D eigenvalue weighted by Crippen LogP contribution is -2.36. The Labute approximate surface area is 101 Å². The number of carbonyl (C=O) groups is 1. The third-order valence-corrected chi connectivity index (χ3v) is 3.77. The van der Waals surface area contributed by atoms with Crippen molar-refractivity contribution in [2.45, 2.75) is 37.8 Å². The second-order valence-electron chi connectivity index (χ2n) is 3.61. The van der Waals surface area contributed by atoms with Gasteiger partial charge in [-0.15, -0.1) is 11.8 Å². The van der Waals surface area contributed by atoms with E-state index in [9.17, 15) is 4.79 Å². The molecule has 1 unspecified atom stereocenters. The normalized spacial score (nSPS) is 12.5. The van der Waals surface area contributed by atoms with E-state index in [2.05, 4.69) is 0 Å². The minimum atomic E-state index is -0.0591. The van der Waals surface area contributed by atoms with E-state index in [1.807, 2.05) is 38.7 Å². The monoisotopic (exact) mass is 241 g/mol. The highest BCUT2D eigenvalue weighted by atomic mass is 32.2. The number of aryl methyl sites for hydroxylation is 1. The minimum absolute atomic E-state index is 0.0591. The standard InChI is InChI=1S/C12H19NO2S/c1-5-13(6-2)12(14)10(4)16-11-7-8-15-9(11)3/h7-8,10H,5-6H2,1-4H3. The first-order valence-electron chi connectivity index (χ1n) is 5.59. The molecule has 1 heterocycles. The van der Waals surface area contributed by atoms with Crippen LogP contribution in [0.4, 0.5) is 0 Å². The van der Waals surface area contributed by atoms with Crippen LogP contribution in [0.5, 0.6) is 0 Å². The molecule has 3 nitrogen and oxygen atoms in total. The topological polar surface area (TPSA) is 33.5 Å². The van der Waals surface area contributed by atoms with E-state index in [1.54, 1.807) is 18.0 Å². The van der Waals surface area contributed by atoms with Crippen LogP contribution in [0.1, 0.15) is 26.5 Å². The third-order valence-electron chi connectivity index (χ3n) is 2.54. The zero-order valence-corrected chi connectivity index (χ0v) is 11.1. The Morgan fingerprint density at radius 3 is 2.56 bits per heavy atom. The smallest absolute Gasteiger partial charge is 0.235 e. The van der Waals surface area contributed by atoms with Crippen molar-refractivity contribution in [1.82, 2.24) is 4.90 Å². The van der Waals surface area contributed by atoms with Gasteiger partial charge in [-0.05, 0) is 33.8 Å². The zero-order valence-electron chi connectivity index (χ0n) is 10.3. The largest absolute Gasteiger partial charge is 0.468 e. The molecule has 0 aliphatic carbocycles. The molecule has 0 fully saturated rings. The predicted octanol–water partition coefficient (Wildman–Crippen LogP) is 2.94. The van der Waals surface area contributed by atoms with Gasteiger partial charge in [0.1, 0.15) is 5.76 Å². The van der Waals surface area contributed by atoms with E-state index in [0.717, 1.165) is 23.7 Å². The van der Waals surface area contributed by atoms with Gasteiger partial charge in [-0.25, -0.2) is 0 Å². The summed E-state index contributed by atoms with van der Waals surface area (Å²) in [5.41, 5.74) is 0. The molecule has 0 bridgehead atoms. The van der Waals surface area contributed by atoms with E-state index >= 15 is 0 Å². The lowest BCUT2D eigenvalue weighted by molar-refractivity contribution is -0.129. The van der Waals surface area contributed by atoms with Gasteiger partial charge in [-0.2, -0.15) is 0 Å². The molecule has 1 aromatic rings. The quantitative estimate of drug-likeness (QED) is 0.743. The molecule has 0 radical (unpaired) electrons. The van der Waals surface area contributed by atoms with E-state index in [-0.39, 0.29) is 11.2 Å². The molecular formula is C12H19NO2S. The zero-order chi connectivity index (χ0) is 12.1. The summed E-state index contributed by atoms with van der Waals surface area (Å²) in [4.78, 5) is 14.9. The third kappa shape index (κ3) is 3.04. The van der Waals surface area contributed by atoms with Crippen LogP contribution in [-0.4, -0.2) is 29.1 Å². The van der Waals surface area contributed by atoms with E-state index in [1.165, 1.54) is 0 Å². The van der Waals surface area contributed by atoms with Crippen LogP contribution in [0.25, 0.3) is 0 Å². The van der Waals surface area contributed by atoms with E-state index < -0.39 is 0 Å². The predicted molar refractivity (Wildman–Crippen MR) is 66.7 cm³/mol. The van der Waals surface area contributed by atoms with Crippen LogP contribution in [-0.2, 0) is 4.79 Å². The first kappa shape index (κ1) is 13.2. The van der Waals surface area contributed by atoms with Crippen LogP contribution < -0.4 is 0 Å². The molecule has 0 N–H and O–H groups in total. The minimum Gasteiger partial charge on any atom is -0.468 e. The molecule has 90 valence electrons. The summed E-state index contributed by atoms with van der Waals surface area (Å²) >= 11 is 1.56. The number of amides is 1. The molecule has 1 aromatic heterocycles. The maximum Gasteiger partial charge on any atom is 0.235 e. The average Bonchev–Trinajstić information content (AvgIpc) is 2.66. The molecule has 16 heavy (non-hydrogen) atoms. The Hall–Kier alpha value is -0.900. The summed E-state index contributed by atoms with van der Waals surface area (Å²) in [6.07, 6.45) is 1.66. The molecule has 1 atom stereocenters. The van der Waals surface area contributed by atoms with Crippen LogP contribution in [0.3, 0.4) is 0 Å². The van der Waals surface area contributed by atoms with Crippen molar-refractivity contribution in [1.29, 1.82) is 0 Å². The number of carbonyl (C=O) groups excluding carboxylic acids is 1. The van der Waals surface area contributed by atoms with Gasteiger partial charge in [0.05, 0.1) is 11.5 Å². The molecule has 0 aliphatic heterocycles. The molecule has 4 heteroatoms. The van der Waals surface area contributed by atoms with Crippen LogP contribution in [0.2, 0.25) is 0 Å². The van der Waals surface area contributed by atoms with Crippen molar-refractivity contribution in [2.75, 3.05) is 13.1 Å². The molecule has 0 saturated carbocycles. The van der Waals surface area contributed by atoms with Crippen molar-refractivity contribution in [3.63, 3.8) is 0 Å². The molecule has 0 saturated heterocycles. The van der Waals surface area contributed by atoms with Gasteiger partial charge in [0.2, 0.25) is 5.91 Å². The number of hydrogen-bond donors (Lipinski definition) is 0. The lowest BCUT2D eigenvalue weighted by Gasteiger charge is -2.22. The van der Waals surface area contributed by atoms with E-state index in [4.69, 9.17) is 4.42 Å². The van der Waals surface area contributed by atoms with E-state index in [0.29, 0.717) is 0 Å². The fourth-order valence-corrected chi connectivity index (χ4v) is 2.51. The van der Waals surface area contributed by atoms with Gasteiger partial charge >= 0.3 is 0 Å². The fraction of sp³-hybridized carbons (Fsp3) is 0.583. The lowest BCUT2D eigenvalue weighted by atomic mass is 10.4. The van der Waals surface area contributed by atoms with Crippen molar-refractivity contribution in [2.24, 2.45) is 0 Å². The Balaban J connectivity index is 2.62. The second kappa shape index (κ2) is 5.99. The van der Waals surface area contributed by atoms with Crippen molar-refractivity contribution in [3.05, 3.63) is 18.1 Å². The summed E-state index contributed by atoms with van der Waals surface area (Å²) < 4.78 is 5.21. The van der Waals surface area contributed by atoms with Crippen LogP contribution in [0, 0.1) is 6.92 Å². The second-order valence-corrected chi connectivity index (χ2v) is 4.99.